The topological polar surface area (TPSA) is 42.1 Å². The molecule has 3 nitrogen and oxygen atoms in total. The van der Waals surface area contributed by atoms with E-state index in [2.05, 4.69) is 54.7 Å². The Morgan fingerprint density at radius 3 is 2.89 bits per heavy atom. The van der Waals surface area contributed by atoms with Gasteiger partial charge in [-0.1, -0.05) is 13.3 Å². The SMILES string of the molecule is CCCN1CCCCC(N)C1c1ncc(Br)cc1Br. The van der Waals surface area contributed by atoms with Crippen molar-refractivity contribution in [3.05, 3.63) is 26.9 Å². The first-order valence-corrected chi connectivity index (χ1v) is 8.52. The Kier molecular flexibility index (Phi) is 5.81. The first-order valence-electron chi connectivity index (χ1n) is 6.94. The average Bonchev–Trinajstić information content (AvgIpc) is 2.53. The molecule has 1 saturated heterocycles. The van der Waals surface area contributed by atoms with Gasteiger partial charge in [0, 0.05) is 21.2 Å². The lowest BCUT2D eigenvalue weighted by atomic mass is 10.0. The van der Waals surface area contributed by atoms with Crippen molar-refractivity contribution in [3.8, 4) is 0 Å². The number of nitrogens with two attached hydrogens (primary N) is 1. The molecule has 5 heteroatoms. The molecular formula is C14H21Br2N3. The van der Waals surface area contributed by atoms with E-state index >= 15 is 0 Å². The van der Waals surface area contributed by atoms with E-state index in [0.29, 0.717) is 0 Å². The number of rotatable bonds is 3. The number of likely N-dealkylation sites (tertiary alicyclic amines) is 1. The van der Waals surface area contributed by atoms with Crippen LogP contribution in [0, 0.1) is 0 Å². The molecule has 1 aromatic heterocycles. The minimum Gasteiger partial charge on any atom is -0.326 e. The van der Waals surface area contributed by atoms with Gasteiger partial charge in [-0.3, -0.25) is 9.88 Å². The summed E-state index contributed by atoms with van der Waals surface area (Å²) < 4.78 is 2.04. The molecule has 2 N–H and O–H groups in total. The standard InChI is InChI=1S/C14H21Br2N3/c1-2-6-19-7-4-3-5-12(17)14(19)13-11(16)8-10(15)9-18-13/h8-9,12,14H,2-7,17H2,1H3. The molecule has 0 bridgehead atoms. The minimum absolute atomic E-state index is 0.166. The zero-order chi connectivity index (χ0) is 13.8. The number of halogens is 2. The molecule has 0 saturated carbocycles. The van der Waals surface area contributed by atoms with E-state index in [0.717, 1.165) is 40.6 Å². The highest BCUT2D eigenvalue weighted by molar-refractivity contribution is 9.11. The van der Waals surface area contributed by atoms with Gasteiger partial charge in [-0.15, -0.1) is 0 Å². The van der Waals surface area contributed by atoms with Gasteiger partial charge in [0.2, 0.25) is 0 Å². The van der Waals surface area contributed by atoms with Gasteiger partial charge in [0.1, 0.15) is 0 Å². The summed E-state index contributed by atoms with van der Waals surface area (Å²) in [5.74, 6) is 0. The van der Waals surface area contributed by atoms with Crippen molar-refractivity contribution < 1.29 is 0 Å². The second kappa shape index (κ2) is 7.16. The number of hydrogen-bond donors (Lipinski definition) is 1. The fourth-order valence-electron chi connectivity index (χ4n) is 2.82. The van der Waals surface area contributed by atoms with Crippen molar-refractivity contribution in [3.63, 3.8) is 0 Å². The van der Waals surface area contributed by atoms with Crippen LogP contribution < -0.4 is 5.73 Å². The number of hydrogen-bond acceptors (Lipinski definition) is 3. The smallest absolute Gasteiger partial charge is 0.0733 e. The highest BCUT2D eigenvalue weighted by atomic mass is 79.9. The Labute approximate surface area is 132 Å². The molecule has 1 aliphatic rings. The molecule has 1 aromatic rings. The Bertz CT molecular complexity index is 425. The third kappa shape index (κ3) is 3.78. The van der Waals surface area contributed by atoms with E-state index in [9.17, 15) is 0 Å². The zero-order valence-corrected chi connectivity index (χ0v) is 14.5. The predicted molar refractivity (Wildman–Crippen MR) is 86.1 cm³/mol. The van der Waals surface area contributed by atoms with Crippen molar-refractivity contribution in [2.24, 2.45) is 5.73 Å². The van der Waals surface area contributed by atoms with E-state index in [1.807, 2.05) is 6.20 Å². The van der Waals surface area contributed by atoms with Crippen LogP contribution in [-0.4, -0.2) is 29.0 Å². The van der Waals surface area contributed by atoms with Crippen LogP contribution in [0.15, 0.2) is 21.2 Å². The van der Waals surface area contributed by atoms with Crippen molar-refractivity contribution in [1.82, 2.24) is 9.88 Å². The second-order valence-corrected chi connectivity index (χ2v) is 6.93. The first kappa shape index (κ1) is 15.4. The Morgan fingerprint density at radius 2 is 2.21 bits per heavy atom. The molecule has 1 aliphatic heterocycles. The second-order valence-electron chi connectivity index (χ2n) is 5.16. The van der Waals surface area contributed by atoms with Crippen LogP contribution in [0.25, 0.3) is 0 Å². The number of pyridine rings is 1. The molecule has 0 aromatic carbocycles. The van der Waals surface area contributed by atoms with Crippen molar-refractivity contribution in [1.29, 1.82) is 0 Å². The summed E-state index contributed by atoms with van der Waals surface area (Å²) in [5, 5.41) is 0. The van der Waals surface area contributed by atoms with Gasteiger partial charge in [0.05, 0.1) is 11.7 Å². The normalized spacial score (nSPS) is 25.3. The van der Waals surface area contributed by atoms with Gasteiger partial charge in [-0.25, -0.2) is 0 Å². The molecule has 2 unspecified atom stereocenters. The average molecular weight is 391 g/mol. The summed E-state index contributed by atoms with van der Waals surface area (Å²) in [6, 6.07) is 2.45. The van der Waals surface area contributed by atoms with Gasteiger partial charge in [-0.05, 0) is 70.3 Å². The molecule has 0 aliphatic carbocycles. The van der Waals surface area contributed by atoms with Crippen LogP contribution in [0.1, 0.15) is 44.3 Å². The van der Waals surface area contributed by atoms with Crippen molar-refractivity contribution in [2.75, 3.05) is 13.1 Å². The van der Waals surface area contributed by atoms with E-state index in [1.54, 1.807) is 0 Å². The van der Waals surface area contributed by atoms with Crippen molar-refractivity contribution >= 4 is 31.9 Å². The first-order chi connectivity index (χ1) is 9.13. The fourth-order valence-corrected chi connectivity index (χ4v) is 4.04. The van der Waals surface area contributed by atoms with E-state index in [4.69, 9.17) is 5.73 Å². The van der Waals surface area contributed by atoms with Gasteiger partial charge < -0.3 is 5.73 Å². The van der Waals surface area contributed by atoms with E-state index in [1.165, 1.54) is 12.8 Å². The van der Waals surface area contributed by atoms with Crippen LogP contribution in [0.2, 0.25) is 0 Å². The Hall–Kier alpha value is 0.0300. The quantitative estimate of drug-likeness (QED) is 0.851. The van der Waals surface area contributed by atoms with Gasteiger partial charge >= 0.3 is 0 Å². The Balaban J connectivity index is 2.34. The molecular weight excluding hydrogens is 370 g/mol. The summed E-state index contributed by atoms with van der Waals surface area (Å²) in [4.78, 5) is 7.11. The summed E-state index contributed by atoms with van der Waals surface area (Å²) in [5.41, 5.74) is 7.50. The van der Waals surface area contributed by atoms with Gasteiger partial charge in [0.15, 0.2) is 0 Å². The number of nitrogens with zero attached hydrogens (tertiary/aromatic N) is 2. The zero-order valence-electron chi connectivity index (χ0n) is 11.3. The number of aromatic nitrogens is 1. The monoisotopic (exact) mass is 389 g/mol. The van der Waals surface area contributed by atoms with Crippen LogP contribution >= 0.6 is 31.9 Å². The largest absolute Gasteiger partial charge is 0.326 e. The van der Waals surface area contributed by atoms with Crippen LogP contribution in [0.4, 0.5) is 0 Å². The lowest BCUT2D eigenvalue weighted by molar-refractivity contribution is 0.181. The highest BCUT2D eigenvalue weighted by Crippen LogP contribution is 2.33. The maximum Gasteiger partial charge on any atom is 0.0733 e. The summed E-state index contributed by atoms with van der Waals surface area (Å²) in [6.07, 6.45) is 6.54. The molecule has 2 rings (SSSR count). The summed E-state index contributed by atoms with van der Waals surface area (Å²) in [7, 11) is 0. The third-order valence-electron chi connectivity index (χ3n) is 3.66. The maximum absolute atomic E-state index is 6.42. The van der Waals surface area contributed by atoms with Gasteiger partial charge in [0.25, 0.3) is 0 Å². The lowest BCUT2D eigenvalue weighted by Crippen LogP contribution is -2.40. The minimum atomic E-state index is 0.166. The summed E-state index contributed by atoms with van der Waals surface area (Å²) >= 11 is 7.10. The maximum atomic E-state index is 6.42. The predicted octanol–water partition coefficient (Wildman–Crippen LogP) is 3.87. The third-order valence-corrected chi connectivity index (χ3v) is 4.73. The molecule has 0 spiro atoms. The molecule has 106 valence electrons. The molecule has 19 heavy (non-hydrogen) atoms. The fraction of sp³-hybridized carbons (Fsp3) is 0.643. The molecule has 0 radical (unpaired) electrons. The van der Waals surface area contributed by atoms with Crippen LogP contribution in [0.3, 0.4) is 0 Å². The lowest BCUT2D eigenvalue weighted by Gasteiger charge is -2.33. The molecule has 0 amide bonds. The van der Waals surface area contributed by atoms with Crippen LogP contribution in [0.5, 0.6) is 0 Å². The molecule has 1 fully saturated rings. The van der Waals surface area contributed by atoms with E-state index in [-0.39, 0.29) is 12.1 Å². The molecule has 2 atom stereocenters. The van der Waals surface area contributed by atoms with Crippen LogP contribution in [-0.2, 0) is 0 Å². The summed E-state index contributed by atoms with van der Waals surface area (Å²) in [6.45, 7) is 4.43. The van der Waals surface area contributed by atoms with Gasteiger partial charge in [-0.2, -0.15) is 0 Å². The van der Waals surface area contributed by atoms with Crippen molar-refractivity contribution in [2.45, 2.75) is 44.7 Å². The highest BCUT2D eigenvalue weighted by Gasteiger charge is 2.30. The molecule has 2 heterocycles. The Morgan fingerprint density at radius 1 is 1.42 bits per heavy atom. The van der Waals surface area contributed by atoms with E-state index < -0.39 is 0 Å².